The molecule has 0 fully saturated rings. The number of nitrogens with zero attached hydrogens (tertiary/aromatic N) is 2. The average Bonchev–Trinajstić information content (AvgIpc) is 2.48. The Morgan fingerprint density at radius 3 is 2.77 bits per heavy atom. The molecule has 1 aliphatic rings. The van der Waals surface area contributed by atoms with Crippen LogP contribution in [-0.4, -0.2) is 25.0 Å². The molecular formula is C14H14FN3O3S. The van der Waals surface area contributed by atoms with Gasteiger partial charge in [0.25, 0.3) is 10.0 Å². The van der Waals surface area contributed by atoms with Crippen LogP contribution in [0.25, 0.3) is 0 Å². The van der Waals surface area contributed by atoms with Gasteiger partial charge in [-0.1, -0.05) is 6.92 Å². The highest BCUT2D eigenvalue weighted by Gasteiger charge is 2.26. The van der Waals surface area contributed by atoms with Crippen LogP contribution in [0.2, 0.25) is 0 Å². The molecule has 1 aromatic heterocycles. The van der Waals surface area contributed by atoms with Gasteiger partial charge in [-0.2, -0.15) is 0 Å². The molecular weight excluding hydrogens is 309 g/mol. The van der Waals surface area contributed by atoms with Gasteiger partial charge in [0.05, 0.1) is 6.61 Å². The minimum atomic E-state index is -4.12. The summed E-state index contributed by atoms with van der Waals surface area (Å²) in [6, 6.07) is 3.98. The van der Waals surface area contributed by atoms with Crippen molar-refractivity contribution >= 4 is 16.0 Å². The van der Waals surface area contributed by atoms with Gasteiger partial charge in [0.2, 0.25) is 5.95 Å². The maximum Gasteiger partial charge on any atom is 0.267 e. The molecule has 0 aliphatic carbocycles. The van der Waals surface area contributed by atoms with E-state index >= 15 is 0 Å². The van der Waals surface area contributed by atoms with Crippen molar-refractivity contribution in [2.75, 3.05) is 11.3 Å². The molecule has 0 spiro atoms. The Morgan fingerprint density at radius 2 is 2.05 bits per heavy atom. The van der Waals surface area contributed by atoms with Gasteiger partial charge in [0.15, 0.2) is 0 Å². The molecule has 0 radical (unpaired) electrons. The van der Waals surface area contributed by atoms with Crippen LogP contribution in [0.1, 0.15) is 24.8 Å². The predicted octanol–water partition coefficient (Wildman–Crippen LogP) is 2.30. The zero-order chi connectivity index (χ0) is 15.7. The Labute approximate surface area is 127 Å². The Bertz CT molecular complexity index is 796. The third-order valence-corrected chi connectivity index (χ3v) is 4.83. The second-order valence-corrected chi connectivity index (χ2v) is 6.69. The summed E-state index contributed by atoms with van der Waals surface area (Å²) in [4.78, 5) is 7.05. The zero-order valence-corrected chi connectivity index (χ0v) is 12.6. The van der Waals surface area contributed by atoms with E-state index in [2.05, 4.69) is 14.7 Å². The normalized spacial score (nSPS) is 17.5. The number of anilines is 1. The van der Waals surface area contributed by atoms with E-state index in [1.807, 2.05) is 6.92 Å². The van der Waals surface area contributed by atoms with E-state index in [0.29, 0.717) is 17.9 Å². The number of halogens is 1. The largest absolute Gasteiger partial charge is 0.493 e. The molecule has 0 unspecified atom stereocenters. The zero-order valence-electron chi connectivity index (χ0n) is 11.8. The van der Waals surface area contributed by atoms with E-state index in [1.165, 1.54) is 24.5 Å². The third-order valence-electron chi connectivity index (χ3n) is 3.48. The van der Waals surface area contributed by atoms with Crippen LogP contribution in [0.15, 0.2) is 35.5 Å². The molecule has 0 saturated heterocycles. The van der Waals surface area contributed by atoms with Crippen molar-refractivity contribution in [3.05, 3.63) is 42.0 Å². The number of nitrogens with one attached hydrogen (secondary N) is 1. The highest BCUT2D eigenvalue weighted by atomic mass is 32.2. The summed E-state index contributed by atoms with van der Waals surface area (Å²) in [6.45, 7) is 2.43. The lowest BCUT2D eigenvalue weighted by Gasteiger charge is -2.23. The molecule has 1 aliphatic heterocycles. The van der Waals surface area contributed by atoms with Gasteiger partial charge in [0.1, 0.15) is 16.5 Å². The molecule has 3 rings (SSSR count). The quantitative estimate of drug-likeness (QED) is 0.937. The average molecular weight is 323 g/mol. The smallest absolute Gasteiger partial charge is 0.267 e. The van der Waals surface area contributed by atoms with Gasteiger partial charge in [-0.05, 0) is 24.5 Å². The van der Waals surface area contributed by atoms with Crippen LogP contribution in [0.5, 0.6) is 5.75 Å². The molecule has 1 N–H and O–H groups in total. The van der Waals surface area contributed by atoms with Gasteiger partial charge in [-0.25, -0.2) is 27.5 Å². The number of rotatable bonds is 3. The SMILES string of the molecule is C[C@@H]1CCOc2cc(S(=O)(=O)Nc3ncccn3)c(F)cc21. The fourth-order valence-electron chi connectivity index (χ4n) is 2.29. The van der Waals surface area contributed by atoms with Gasteiger partial charge in [-0.15, -0.1) is 0 Å². The second-order valence-electron chi connectivity index (χ2n) is 5.04. The number of hydrogen-bond acceptors (Lipinski definition) is 5. The van der Waals surface area contributed by atoms with E-state index in [4.69, 9.17) is 4.74 Å². The topological polar surface area (TPSA) is 81.2 Å². The molecule has 1 atom stereocenters. The molecule has 0 bridgehead atoms. The van der Waals surface area contributed by atoms with Crippen LogP contribution >= 0.6 is 0 Å². The van der Waals surface area contributed by atoms with Crippen LogP contribution < -0.4 is 9.46 Å². The number of fused-ring (bicyclic) bond motifs is 1. The number of ether oxygens (including phenoxy) is 1. The standard InChI is InChI=1S/C14H14FN3O3S/c1-9-3-6-21-12-8-13(11(15)7-10(9)12)22(19,20)18-14-16-4-2-5-17-14/h2,4-5,7-9H,3,6H2,1H3,(H,16,17,18)/t9-/m1/s1. The van der Waals surface area contributed by atoms with Crippen molar-refractivity contribution in [3.63, 3.8) is 0 Å². The van der Waals surface area contributed by atoms with Crippen molar-refractivity contribution < 1.29 is 17.5 Å². The Kier molecular flexibility index (Phi) is 3.69. The minimum Gasteiger partial charge on any atom is -0.493 e. The van der Waals surface area contributed by atoms with E-state index in [1.54, 1.807) is 6.07 Å². The molecule has 22 heavy (non-hydrogen) atoms. The fourth-order valence-corrected chi connectivity index (χ4v) is 3.33. The number of benzene rings is 1. The van der Waals surface area contributed by atoms with E-state index < -0.39 is 20.7 Å². The number of sulfonamides is 1. The maximum atomic E-state index is 14.2. The van der Waals surface area contributed by atoms with Crippen LogP contribution in [0.4, 0.5) is 10.3 Å². The van der Waals surface area contributed by atoms with E-state index in [-0.39, 0.29) is 11.9 Å². The molecule has 1 aromatic carbocycles. The molecule has 2 heterocycles. The lowest BCUT2D eigenvalue weighted by atomic mass is 9.95. The summed E-state index contributed by atoms with van der Waals surface area (Å²) in [5, 5.41) is 0. The summed E-state index contributed by atoms with van der Waals surface area (Å²) in [5.41, 5.74) is 0.679. The van der Waals surface area contributed by atoms with Crippen LogP contribution in [0.3, 0.4) is 0 Å². The lowest BCUT2D eigenvalue weighted by Crippen LogP contribution is -2.18. The first kappa shape index (κ1) is 14.7. The van der Waals surface area contributed by atoms with Gasteiger partial charge in [-0.3, -0.25) is 0 Å². The van der Waals surface area contributed by atoms with Crippen molar-refractivity contribution in [2.24, 2.45) is 0 Å². The predicted molar refractivity (Wildman–Crippen MR) is 77.8 cm³/mol. The monoisotopic (exact) mass is 323 g/mol. The molecule has 0 saturated carbocycles. The van der Waals surface area contributed by atoms with Crippen molar-refractivity contribution in [1.29, 1.82) is 0 Å². The lowest BCUT2D eigenvalue weighted by molar-refractivity contribution is 0.270. The Morgan fingerprint density at radius 1 is 1.32 bits per heavy atom. The first-order valence-corrected chi connectivity index (χ1v) is 8.22. The van der Waals surface area contributed by atoms with Crippen molar-refractivity contribution in [1.82, 2.24) is 9.97 Å². The first-order chi connectivity index (χ1) is 10.5. The highest BCUT2D eigenvalue weighted by molar-refractivity contribution is 7.92. The first-order valence-electron chi connectivity index (χ1n) is 6.73. The Balaban J connectivity index is 2.01. The summed E-state index contributed by atoms with van der Waals surface area (Å²) in [7, 11) is -4.12. The highest BCUT2D eigenvalue weighted by Crippen LogP contribution is 2.36. The van der Waals surface area contributed by atoms with Gasteiger partial charge >= 0.3 is 0 Å². The van der Waals surface area contributed by atoms with E-state index in [9.17, 15) is 12.8 Å². The van der Waals surface area contributed by atoms with Crippen molar-refractivity contribution in [2.45, 2.75) is 24.2 Å². The molecule has 0 amide bonds. The summed E-state index contributed by atoms with van der Waals surface area (Å²) in [6.07, 6.45) is 3.55. The van der Waals surface area contributed by atoms with Crippen LogP contribution in [-0.2, 0) is 10.0 Å². The maximum absolute atomic E-state index is 14.2. The number of hydrogen-bond donors (Lipinski definition) is 1. The molecule has 8 heteroatoms. The van der Waals surface area contributed by atoms with E-state index in [0.717, 1.165) is 6.42 Å². The van der Waals surface area contributed by atoms with Gasteiger partial charge < -0.3 is 4.74 Å². The van der Waals surface area contributed by atoms with Gasteiger partial charge in [0, 0.05) is 24.0 Å². The summed E-state index contributed by atoms with van der Waals surface area (Å²) >= 11 is 0. The second kappa shape index (κ2) is 5.53. The summed E-state index contributed by atoms with van der Waals surface area (Å²) in [5.74, 6) is -0.414. The minimum absolute atomic E-state index is 0.117. The van der Waals surface area contributed by atoms with Crippen LogP contribution in [0, 0.1) is 5.82 Å². The fraction of sp³-hybridized carbons (Fsp3) is 0.286. The Hall–Kier alpha value is -2.22. The summed E-state index contributed by atoms with van der Waals surface area (Å²) < 4.78 is 46.4. The number of aromatic nitrogens is 2. The molecule has 2 aromatic rings. The molecule has 6 nitrogen and oxygen atoms in total. The molecule has 116 valence electrons. The van der Waals surface area contributed by atoms with Crippen molar-refractivity contribution in [3.8, 4) is 5.75 Å². The third kappa shape index (κ3) is 2.74.